The normalized spacial score (nSPS) is 28.8. The van der Waals surface area contributed by atoms with Crippen molar-refractivity contribution in [2.75, 3.05) is 19.7 Å². The molecule has 1 aromatic carbocycles. The van der Waals surface area contributed by atoms with E-state index < -0.39 is 27.7 Å². The lowest BCUT2D eigenvalue weighted by atomic mass is 9.99. The van der Waals surface area contributed by atoms with Crippen molar-refractivity contribution in [3.63, 3.8) is 0 Å². The SMILES string of the molecule is NC(Cc1cc(F)ccc1F)CC(CO)NC1CC2CN(S(=O)(=O)C3CCCC3)CC2C1. The maximum absolute atomic E-state index is 13.9. The largest absolute Gasteiger partial charge is 0.395 e. The number of rotatable bonds is 9. The zero-order valence-electron chi connectivity index (χ0n) is 18.4. The molecular weight excluding hydrogens is 436 g/mol. The van der Waals surface area contributed by atoms with Crippen LogP contribution >= 0.6 is 0 Å². The van der Waals surface area contributed by atoms with E-state index in [2.05, 4.69) is 5.32 Å². The lowest BCUT2D eigenvalue weighted by molar-refractivity contribution is 0.214. The maximum Gasteiger partial charge on any atom is 0.216 e. The third kappa shape index (κ3) is 5.33. The van der Waals surface area contributed by atoms with Crippen molar-refractivity contribution in [1.82, 2.24) is 9.62 Å². The van der Waals surface area contributed by atoms with E-state index in [4.69, 9.17) is 5.73 Å². The van der Waals surface area contributed by atoms with Gasteiger partial charge in [-0.05, 0) is 74.1 Å². The Kier molecular flexibility index (Phi) is 7.51. The molecule has 4 atom stereocenters. The molecule has 4 unspecified atom stereocenters. The Labute approximate surface area is 189 Å². The summed E-state index contributed by atoms with van der Waals surface area (Å²) >= 11 is 0. The van der Waals surface area contributed by atoms with E-state index in [9.17, 15) is 22.3 Å². The second kappa shape index (κ2) is 10.0. The number of nitrogens with two attached hydrogens (primary N) is 1. The van der Waals surface area contributed by atoms with Crippen molar-refractivity contribution in [3.8, 4) is 0 Å². The van der Waals surface area contributed by atoms with E-state index >= 15 is 0 Å². The third-order valence-electron chi connectivity index (χ3n) is 7.57. The van der Waals surface area contributed by atoms with Gasteiger partial charge in [0.15, 0.2) is 0 Å². The molecule has 6 nitrogen and oxygen atoms in total. The molecule has 0 bridgehead atoms. The Morgan fingerprint density at radius 2 is 1.81 bits per heavy atom. The molecule has 4 rings (SSSR count). The van der Waals surface area contributed by atoms with Crippen LogP contribution in [0.2, 0.25) is 0 Å². The first-order chi connectivity index (χ1) is 15.3. The van der Waals surface area contributed by atoms with Gasteiger partial charge < -0.3 is 16.2 Å². The summed E-state index contributed by atoms with van der Waals surface area (Å²) in [5, 5.41) is 13.1. The van der Waals surface area contributed by atoms with Gasteiger partial charge in [0.1, 0.15) is 11.6 Å². The fraction of sp³-hybridized carbons (Fsp3) is 0.739. The zero-order valence-corrected chi connectivity index (χ0v) is 19.2. The molecule has 0 radical (unpaired) electrons. The molecule has 1 aromatic rings. The second-order valence-corrected chi connectivity index (χ2v) is 12.2. The first-order valence-corrected chi connectivity index (χ1v) is 13.3. The zero-order chi connectivity index (χ0) is 22.9. The first kappa shape index (κ1) is 24.0. The van der Waals surface area contributed by atoms with E-state index in [1.165, 1.54) is 6.07 Å². The number of halogens is 2. The van der Waals surface area contributed by atoms with Gasteiger partial charge in [-0.15, -0.1) is 0 Å². The molecule has 1 heterocycles. The molecule has 2 aliphatic carbocycles. The first-order valence-electron chi connectivity index (χ1n) is 11.8. The Morgan fingerprint density at radius 3 is 2.44 bits per heavy atom. The summed E-state index contributed by atoms with van der Waals surface area (Å²) in [6.07, 6.45) is 6.00. The lowest BCUT2D eigenvalue weighted by Gasteiger charge is -2.26. The van der Waals surface area contributed by atoms with Crippen molar-refractivity contribution in [1.29, 1.82) is 0 Å². The van der Waals surface area contributed by atoms with E-state index in [-0.39, 0.29) is 35.9 Å². The average molecular weight is 472 g/mol. The number of nitrogens with zero attached hydrogens (tertiary/aromatic N) is 1. The van der Waals surface area contributed by atoms with Crippen molar-refractivity contribution < 1.29 is 22.3 Å². The summed E-state index contributed by atoms with van der Waals surface area (Å²) < 4.78 is 54.8. The minimum Gasteiger partial charge on any atom is -0.395 e. The van der Waals surface area contributed by atoms with Crippen LogP contribution in [-0.4, -0.2) is 60.9 Å². The standard InChI is InChI=1S/C23H35F2N3O3S/c24-18-5-6-23(25)15(7-18)8-19(26)11-21(14-29)27-20-9-16-12-28(13-17(16)10-20)32(30,31)22-3-1-2-4-22/h5-7,16-17,19-22,27,29H,1-4,8-14,26H2. The van der Waals surface area contributed by atoms with Gasteiger partial charge in [0.2, 0.25) is 10.0 Å². The monoisotopic (exact) mass is 471 g/mol. The van der Waals surface area contributed by atoms with Gasteiger partial charge in [0.05, 0.1) is 11.9 Å². The third-order valence-corrected chi connectivity index (χ3v) is 9.90. The minimum absolute atomic E-state index is 0.0899. The Balaban J connectivity index is 1.26. The number of benzene rings is 1. The van der Waals surface area contributed by atoms with Crippen LogP contribution in [-0.2, 0) is 16.4 Å². The molecule has 2 saturated carbocycles. The van der Waals surface area contributed by atoms with Crippen LogP contribution in [0.4, 0.5) is 8.78 Å². The molecule has 180 valence electrons. The molecule has 32 heavy (non-hydrogen) atoms. The topological polar surface area (TPSA) is 95.7 Å². The van der Waals surface area contributed by atoms with E-state index in [0.717, 1.165) is 50.7 Å². The van der Waals surface area contributed by atoms with E-state index in [1.807, 2.05) is 0 Å². The molecule has 3 fully saturated rings. The molecular formula is C23H35F2N3O3S. The Morgan fingerprint density at radius 1 is 1.16 bits per heavy atom. The number of sulfonamides is 1. The van der Waals surface area contributed by atoms with Gasteiger partial charge in [0.25, 0.3) is 0 Å². The number of hydrogen-bond acceptors (Lipinski definition) is 5. The number of nitrogens with one attached hydrogen (secondary N) is 1. The van der Waals surface area contributed by atoms with Gasteiger partial charge >= 0.3 is 0 Å². The van der Waals surface area contributed by atoms with Gasteiger partial charge in [-0.3, -0.25) is 0 Å². The summed E-state index contributed by atoms with van der Waals surface area (Å²) in [6.45, 7) is 1.11. The van der Waals surface area contributed by atoms with Gasteiger partial charge in [-0.1, -0.05) is 12.8 Å². The molecule has 0 aromatic heterocycles. The molecule has 1 aliphatic heterocycles. The van der Waals surface area contributed by atoms with Crippen LogP contribution in [0.5, 0.6) is 0 Å². The summed E-state index contributed by atoms with van der Waals surface area (Å²) in [5.74, 6) is -0.279. The molecule has 0 spiro atoms. The Bertz CT molecular complexity index is 880. The van der Waals surface area contributed by atoms with Crippen molar-refractivity contribution in [2.45, 2.75) is 74.7 Å². The van der Waals surface area contributed by atoms with E-state index in [0.29, 0.717) is 31.3 Å². The van der Waals surface area contributed by atoms with Crippen LogP contribution in [0.15, 0.2) is 18.2 Å². The summed E-state index contributed by atoms with van der Waals surface area (Å²) in [7, 11) is -3.18. The fourth-order valence-corrected chi connectivity index (χ4v) is 8.11. The van der Waals surface area contributed by atoms with Crippen molar-refractivity contribution >= 4 is 10.0 Å². The maximum atomic E-state index is 13.9. The highest BCUT2D eigenvalue weighted by Gasteiger charge is 2.46. The van der Waals surface area contributed by atoms with Crippen LogP contribution < -0.4 is 11.1 Å². The number of hydrogen-bond donors (Lipinski definition) is 3. The number of aliphatic hydroxyl groups excluding tert-OH is 1. The number of aliphatic hydroxyl groups is 1. The van der Waals surface area contributed by atoms with Gasteiger partial charge in [-0.2, -0.15) is 0 Å². The summed E-state index contributed by atoms with van der Waals surface area (Å²) in [5.41, 5.74) is 6.42. The van der Waals surface area contributed by atoms with Crippen molar-refractivity contribution in [2.24, 2.45) is 17.6 Å². The highest BCUT2D eigenvalue weighted by atomic mass is 32.2. The van der Waals surface area contributed by atoms with Crippen LogP contribution in [0, 0.1) is 23.5 Å². The predicted molar refractivity (Wildman–Crippen MR) is 119 cm³/mol. The van der Waals surface area contributed by atoms with Crippen molar-refractivity contribution in [3.05, 3.63) is 35.4 Å². The van der Waals surface area contributed by atoms with Gasteiger partial charge in [0, 0.05) is 31.2 Å². The summed E-state index contributed by atoms with van der Waals surface area (Å²) in [6, 6.07) is 2.91. The Hall–Kier alpha value is -1.13. The van der Waals surface area contributed by atoms with Crippen LogP contribution in [0.3, 0.4) is 0 Å². The highest BCUT2D eigenvalue weighted by Crippen LogP contribution is 2.41. The molecule has 4 N–H and O–H groups in total. The predicted octanol–water partition coefficient (Wildman–Crippen LogP) is 2.16. The lowest BCUT2D eigenvalue weighted by Crippen LogP contribution is -2.44. The highest BCUT2D eigenvalue weighted by molar-refractivity contribution is 7.89. The minimum atomic E-state index is -3.18. The molecule has 3 aliphatic rings. The average Bonchev–Trinajstić information content (AvgIpc) is 3.47. The smallest absolute Gasteiger partial charge is 0.216 e. The van der Waals surface area contributed by atoms with Gasteiger partial charge in [-0.25, -0.2) is 21.5 Å². The molecule has 9 heteroatoms. The second-order valence-electron chi connectivity index (χ2n) is 9.94. The summed E-state index contributed by atoms with van der Waals surface area (Å²) in [4.78, 5) is 0. The quantitative estimate of drug-likeness (QED) is 0.513. The molecule has 0 amide bonds. The van der Waals surface area contributed by atoms with E-state index in [1.54, 1.807) is 4.31 Å². The fourth-order valence-electron chi connectivity index (χ4n) is 5.96. The number of fused-ring (bicyclic) bond motifs is 1. The molecule has 1 saturated heterocycles. The van der Waals surface area contributed by atoms with Crippen LogP contribution in [0.1, 0.15) is 50.5 Å². The van der Waals surface area contributed by atoms with Crippen LogP contribution in [0.25, 0.3) is 0 Å².